The van der Waals surface area contributed by atoms with Gasteiger partial charge in [0, 0.05) is 44.4 Å². The molecule has 174 valence electrons. The summed E-state index contributed by atoms with van der Waals surface area (Å²) in [5.41, 5.74) is 1.47. The van der Waals surface area contributed by atoms with Gasteiger partial charge in [0.15, 0.2) is 6.61 Å². The lowest BCUT2D eigenvalue weighted by molar-refractivity contribution is -0.135. The van der Waals surface area contributed by atoms with Crippen molar-refractivity contribution >= 4 is 33.8 Å². The molecule has 1 amide bonds. The van der Waals surface area contributed by atoms with Gasteiger partial charge in [-0.25, -0.2) is 4.98 Å². The molecule has 1 aliphatic rings. The van der Waals surface area contributed by atoms with Gasteiger partial charge in [-0.05, 0) is 12.1 Å². The minimum absolute atomic E-state index is 0.0478. The van der Waals surface area contributed by atoms with E-state index in [-0.39, 0.29) is 18.1 Å². The summed E-state index contributed by atoms with van der Waals surface area (Å²) in [6.45, 7) is 3.05. The SMILES string of the molecule is O=C(COc1ccccc1Cl)N1CCN(Cc2cc(=O)n3nc(-c4ccccc4)sc3n2)CC1. The Hall–Kier alpha value is -3.27. The van der Waals surface area contributed by atoms with Gasteiger partial charge in [0.1, 0.15) is 10.8 Å². The normalized spacial score (nSPS) is 14.4. The monoisotopic (exact) mass is 495 g/mol. The Labute approximate surface area is 205 Å². The van der Waals surface area contributed by atoms with Crippen molar-refractivity contribution < 1.29 is 9.53 Å². The van der Waals surface area contributed by atoms with Crippen molar-refractivity contribution in [3.8, 4) is 16.3 Å². The largest absolute Gasteiger partial charge is 0.482 e. The van der Waals surface area contributed by atoms with E-state index in [0.717, 1.165) is 10.6 Å². The number of benzene rings is 2. The number of hydrogen-bond donors (Lipinski definition) is 0. The first-order valence-electron chi connectivity index (χ1n) is 10.9. The maximum atomic E-state index is 12.6. The molecule has 0 bridgehead atoms. The van der Waals surface area contributed by atoms with Gasteiger partial charge in [0.25, 0.3) is 11.5 Å². The third-order valence-corrected chi connectivity index (χ3v) is 6.89. The molecule has 1 aliphatic heterocycles. The van der Waals surface area contributed by atoms with Crippen molar-refractivity contribution in [3.63, 3.8) is 0 Å². The third-order valence-electron chi connectivity index (χ3n) is 5.62. The number of para-hydroxylation sites is 1. The number of ether oxygens (including phenoxy) is 1. The maximum absolute atomic E-state index is 12.6. The van der Waals surface area contributed by atoms with Gasteiger partial charge in [-0.15, -0.1) is 0 Å². The molecule has 0 unspecified atom stereocenters. The van der Waals surface area contributed by atoms with Crippen LogP contribution in [0.2, 0.25) is 5.02 Å². The number of rotatable bonds is 6. The summed E-state index contributed by atoms with van der Waals surface area (Å²) in [5, 5.41) is 5.67. The van der Waals surface area contributed by atoms with E-state index in [1.54, 1.807) is 17.0 Å². The van der Waals surface area contributed by atoms with Crippen molar-refractivity contribution in [1.82, 2.24) is 24.4 Å². The lowest BCUT2D eigenvalue weighted by atomic mass is 10.2. The molecule has 5 rings (SSSR count). The van der Waals surface area contributed by atoms with Gasteiger partial charge in [0.2, 0.25) is 4.96 Å². The second-order valence-corrected chi connectivity index (χ2v) is 9.29. The zero-order valence-electron chi connectivity index (χ0n) is 18.3. The molecule has 1 saturated heterocycles. The predicted octanol–water partition coefficient (Wildman–Crippen LogP) is 3.19. The number of fused-ring (bicyclic) bond motifs is 1. The minimum atomic E-state index is -0.191. The van der Waals surface area contributed by atoms with Crippen molar-refractivity contribution in [1.29, 1.82) is 0 Å². The number of piperazine rings is 1. The highest BCUT2D eigenvalue weighted by Crippen LogP contribution is 2.24. The van der Waals surface area contributed by atoms with Crippen LogP contribution in [0.25, 0.3) is 15.5 Å². The lowest BCUT2D eigenvalue weighted by Crippen LogP contribution is -2.49. The van der Waals surface area contributed by atoms with Crippen LogP contribution in [0.15, 0.2) is 65.5 Å². The molecular weight excluding hydrogens is 474 g/mol. The summed E-state index contributed by atoms with van der Waals surface area (Å²) in [4.78, 5) is 34.4. The Morgan fingerprint density at radius 1 is 1.03 bits per heavy atom. The summed E-state index contributed by atoms with van der Waals surface area (Å²) in [6.07, 6.45) is 0. The van der Waals surface area contributed by atoms with Crippen molar-refractivity contribution in [2.24, 2.45) is 0 Å². The molecule has 0 spiro atoms. The van der Waals surface area contributed by atoms with Crippen LogP contribution in [0.3, 0.4) is 0 Å². The molecule has 3 heterocycles. The van der Waals surface area contributed by atoms with Crippen molar-refractivity contribution in [2.45, 2.75) is 6.54 Å². The maximum Gasteiger partial charge on any atom is 0.275 e. The highest BCUT2D eigenvalue weighted by Gasteiger charge is 2.22. The average Bonchev–Trinajstić information content (AvgIpc) is 3.29. The molecule has 1 fully saturated rings. The molecule has 8 nitrogen and oxygen atoms in total. The van der Waals surface area contributed by atoms with Gasteiger partial charge >= 0.3 is 0 Å². The first-order chi connectivity index (χ1) is 16.6. The van der Waals surface area contributed by atoms with Crippen LogP contribution in [0, 0.1) is 0 Å². The summed E-state index contributed by atoms with van der Waals surface area (Å²) in [5.74, 6) is 0.429. The van der Waals surface area contributed by atoms with E-state index in [9.17, 15) is 9.59 Å². The van der Waals surface area contributed by atoms with Crippen molar-refractivity contribution in [2.75, 3.05) is 32.8 Å². The average molecular weight is 496 g/mol. The molecule has 2 aromatic carbocycles. The lowest BCUT2D eigenvalue weighted by Gasteiger charge is -2.34. The predicted molar refractivity (Wildman–Crippen MR) is 131 cm³/mol. The molecular formula is C24H22ClN5O3S. The standard InChI is InChI=1S/C24H22ClN5O3S/c25-19-8-4-5-9-20(19)33-16-22(32)29-12-10-28(11-13-29)15-18-14-21(31)30-24(26-18)34-23(27-30)17-6-2-1-3-7-17/h1-9,14H,10-13,15-16H2. The fourth-order valence-electron chi connectivity index (χ4n) is 3.81. The molecule has 2 aromatic heterocycles. The summed E-state index contributed by atoms with van der Waals surface area (Å²) in [7, 11) is 0. The van der Waals surface area contributed by atoms with E-state index in [1.807, 2.05) is 42.5 Å². The Morgan fingerprint density at radius 2 is 1.76 bits per heavy atom. The number of carbonyl (C=O) groups is 1. The van der Waals surface area contributed by atoms with Gasteiger partial charge in [-0.1, -0.05) is 65.4 Å². The quantitative estimate of drug-likeness (QED) is 0.408. The van der Waals surface area contributed by atoms with Crippen LogP contribution in [-0.4, -0.2) is 63.1 Å². The van der Waals surface area contributed by atoms with Crippen LogP contribution in [-0.2, 0) is 11.3 Å². The number of amides is 1. The smallest absolute Gasteiger partial charge is 0.275 e. The van der Waals surface area contributed by atoms with Gasteiger partial charge in [-0.3, -0.25) is 14.5 Å². The molecule has 0 aliphatic carbocycles. The summed E-state index contributed by atoms with van der Waals surface area (Å²) >= 11 is 7.48. The molecule has 0 N–H and O–H groups in total. The second kappa shape index (κ2) is 9.92. The Morgan fingerprint density at radius 3 is 2.53 bits per heavy atom. The van der Waals surface area contributed by atoms with Crippen LogP contribution in [0.4, 0.5) is 0 Å². The zero-order valence-corrected chi connectivity index (χ0v) is 19.8. The van der Waals surface area contributed by atoms with Gasteiger partial charge in [0.05, 0.1) is 10.7 Å². The van der Waals surface area contributed by atoms with Gasteiger partial charge < -0.3 is 9.64 Å². The Bertz CT molecular complexity index is 1370. The fraction of sp³-hybridized carbons (Fsp3) is 0.250. The van der Waals surface area contributed by atoms with E-state index >= 15 is 0 Å². The summed E-state index contributed by atoms with van der Waals surface area (Å²) in [6, 6.07) is 18.4. The van der Waals surface area contributed by atoms with E-state index in [4.69, 9.17) is 16.3 Å². The number of aromatic nitrogens is 3. The highest BCUT2D eigenvalue weighted by molar-refractivity contribution is 7.19. The van der Waals surface area contributed by atoms with Crippen LogP contribution < -0.4 is 10.3 Å². The van der Waals surface area contributed by atoms with E-state index in [0.29, 0.717) is 54.2 Å². The van der Waals surface area contributed by atoms with Crippen LogP contribution in [0.5, 0.6) is 5.75 Å². The second-order valence-electron chi connectivity index (χ2n) is 7.93. The van der Waals surface area contributed by atoms with Crippen LogP contribution in [0.1, 0.15) is 5.69 Å². The molecule has 0 radical (unpaired) electrons. The molecule has 0 saturated carbocycles. The van der Waals surface area contributed by atoms with Gasteiger partial charge in [-0.2, -0.15) is 9.61 Å². The fourth-order valence-corrected chi connectivity index (χ4v) is 4.93. The van der Waals surface area contributed by atoms with E-state index in [2.05, 4.69) is 15.0 Å². The first kappa shape index (κ1) is 22.5. The van der Waals surface area contributed by atoms with E-state index < -0.39 is 0 Å². The number of hydrogen-bond acceptors (Lipinski definition) is 7. The third kappa shape index (κ3) is 4.96. The number of nitrogens with zero attached hydrogens (tertiary/aromatic N) is 5. The number of carbonyl (C=O) groups excluding carboxylic acids is 1. The minimum Gasteiger partial charge on any atom is -0.482 e. The van der Waals surface area contributed by atoms with Crippen molar-refractivity contribution in [3.05, 3.63) is 81.7 Å². The first-order valence-corrected chi connectivity index (χ1v) is 12.1. The Kier molecular flexibility index (Phi) is 6.57. The number of halogens is 1. The van der Waals surface area contributed by atoms with Crippen LogP contribution >= 0.6 is 22.9 Å². The highest BCUT2D eigenvalue weighted by atomic mass is 35.5. The topological polar surface area (TPSA) is 80.0 Å². The molecule has 0 atom stereocenters. The molecule has 4 aromatic rings. The summed E-state index contributed by atoms with van der Waals surface area (Å²) < 4.78 is 6.93. The molecule has 10 heteroatoms. The zero-order chi connectivity index (χ0) is 23.5. The van der Waals surface area contributed by atoms with E-state index in [1.165, 1.54) is 21.9 Å². The molecule has 34 heavy (non-hydrogen) atoms. The Balaban J connectivity index is 1.19.